The number of carbonyl (C=O) groups excluding carboxylic acids is 1. The molecular formula is C16H14ClN3O3S3. The third-order valence-corrected chi connectivity index (χ3v) is 7.25. The number of rotatable bonds is 5. The molecule has 0 aliphatic carbocycles. The molecule has 1 amide bonds. The lowest BCUT2D eigenvalue weighted by atomic mass is 10.2. The lowest BCUT2D eigenvalue weighted by Crippen LogP contribution is -2.22. The molecule has 0 atom stereocenters. The minimum atomic E-state index is -3.61. The lowest BCUT2D eigenvalue weighted by molar-refractivity contribution is 0.102. The van der Waals surface area contributed by atoms with Gasteiger partial charge in [-0.3, -0.25) is 10.1 Å². The van der Waals surface area contributed by atoms with Crippen LogP contribution >= 0.6 is 34.3 Å². The largest absolute Gasteiger partial charge is 0.298 e. The van der Waals surface area contributed by atoms with E-state index in [1.54, 1.807) is 12.1 Å². The fraction of sp³-hybridized carbons (Fsp3) is 0.125. The van der Waals surface area contributed by atoms with Crippen LogP contribution in [0.4, 0.5) is 5.13 Å². The molecule has 2 heterocycles. The van der Waals surface area contributed by atoms with Gasteiger partial charge in [-0.2, -0.15) is 0 Å². The van der Waals surface area contributed by atoms with Gasteiger partial charge in [-0.15, -0.1) is 22.7 Å². The van der Waals surface area contributed by atoms with Crippen molar-refractivity contribution in [3.05, 3.63) is 51.7 Å². The van der Waals surface area contributed by atoms with Crippen LogP contribution < -0.4 is 5.32 Å². The second-order valence-electron chi connectivity index (χ2n) is 5.41. The van der Waals surface area contributed by atoms with Gasteiger partial charge in [0, 0.05) is 25.0 Å². The van der Waals surface area contributed by atoms with E-state index in [2.05, 4.69) is 10.3 Å². The molecule has 0 saturated heterocycles. The number of amides is 1. The average Bonchev–Trinajstić information content (AvgIpc) is 3.23. The van der Waals surface area contributed by atoms with Gasteiger partial charge in [-0.1, -0.05) is 17.7 Å². The number of sulfonamides is 1. The summed E-state index contributed by atoms with van der Waals surface area (Å²) in [6.07, 6.45) is 0. The van der Waals surface area contributed by atoms with Crippen molar-refractivity contribution in [3.63, 3.8) is 0 Å². The Hall–Kier alpha value is -1.78. The number of thiophene rings is 1. The summed E-state index contributed by atoms with van der Waals surface area (Å²) in [6, 6.07) is 9.54. The van der Waals surface area contributed by atoms with Crippen LogP contribution in [0, 0.1) is 0 Å². The monoisotopic (exact) mass is 427 g/mol. The number of benzene rings is 1. The predicted octanol–water partition coefficient (Wildman–Crippen LogP) is 4.03. The van der Waals surface area contributed by atoms with Gasteiger partial charge in [-0.05, 0) is 30.3 Å². The molecule has 1 N–H and O–H groups in total. The van der Waals surface area contributed by atoms with E-state index in [1.165, 1.54) is 55.0 Å². The summed E-state index contributed by atoms with van der Waals surface area (Å²) >= 11 is 8.61. The van der Waals surface area contributed by atoms with Gasteiger partial charge in [0.15, 0.2) is 5.13 Å². The Morgan fingerprint density at radius 1 is 1.23 bits per heavy atom. The molecular weight excluding hydrogens is 414 g/mol. The first kappa shape index (κ1) is 19.0. The molecule has 0 saturated carbocycles. The van der Waals surface area contributed by atoms with Gasteiger partial charge in [0.1, 0.15) is 0 Å². The van der Waals surface area contributed by atoms with Crippen LogP contribution in [0.1, 0.15) is 10.4 Å². The highest BCUT2D eigenvalue weighted by Crippen LogP contribution is 2.33. The van der Waals surface area contributed by atoms with Crippen LogP contribution in [0.5, 0.6) is 0 Å². The molecule has 6 nitrogen and oxygen atoms in total. The van der Waals surface area contributed by atoms with Gasteiger partial charge < -0.3 is 0 Å². The number of carbonyl (C=O) groups is 1. The second-order valence-corrected chi connectivity index (χ2v) is 10.1. The van der Waals surface area contributed by atoms with Gasteiger partial charge in [-0.25, -0.2) is 17.7 Å². The minimum Gasteiger partial charge on any atom is -0.298 e. The maximum absolute atomic E-state index is 12.4. The van der Waals surface area contributed by atoms with Crippen molar-refractivity contribution in [3.8, 4) is 10.6 Å². The molecule has 10 heteroatoms. The third kappa shape index (κ3) is 3.97. The number of thiazole rings is 1. The normalized spacial score (nSPS) is 11.7. The predicted molar refractivity (Wildman–Crippen MR) is 106 cm³/mol. The Kier molecular flexibility index (Phi) is 5.44. The van der Waals surface area contributed by atoms with Crippen molar-refractivity contribution in [1.29, 1.82) is 0 Å². The van der Waals surface area contributed by atoms with E-state index in [9.17, 15) is 13.2 Å². The fourth-order valence-corrected chi connectivity index (χ4v) is 4.81. The summed E-state index contributed by atoms with van der Waals surface area (Å²) in [5.41, 5.74) is 0.968. The molecule has 3 rings (SSSR count). The Balaban J connectivity index is 1.80. The quantitative estimate of drug-likeness (QED) is 0.666. The smallest absolute Gasteiger partial charge is 0.257 e. The third-order valence-electron chi connectivity index (χ3n) is 3.43. The summed E-state index contributed by atoms with van der Waals surface area (Å²) in [5, 5.41) is 4.95. The Bertz CT molecular complexity index is 1060. The van der Waals surface area contributed by atoms with E-state index in [1.807, 2.05) is 11.4 Å². The van der Waals surface area contributed by atoms with Crippen LogP contribution in [-0.2, 0) is 10.0 Å². The standard InChI is InChI=1S/C16H14ClN3O3S3/c1-20(2)26(22,23)11-5-3-4-10(8-11)15(21)19-16-18-12(9-24-16)13-6-7-14(17)25-13/h3-9H,1-2H3,(H,18,19,21). The number of hydrogen-bond donors (Lipinski definition) is 1. The van der Waals surface area contributed by atoms with E-state index >= 15 is 0 Å². The molecule has 0 spiro atoms. The van der Waals surface area contributed by atoms with Crippen LogP contribution in [-0.4, -0.2) is 37.7 Å². The molecule has 0 aliphatic heterocycles. The zero-order valence-electron chi connectivity index (χ0n) is 13.8. The number of aromatic nitrogens is 1. The summed E-state index contributed by atoms with van der Waals surface area (Å²) in [4.78, 5) is 17.8. The van der Waals surface area contributed by atoms with Crippen LogP contribution in [0.25, 0.3) is 10.6 Å². The zero-order chi connectivity index (χ0) is 18.9. The van der Waals surface area contributed by atoms with Crippen molar-refractivity contribution in [2.45, 2.75) is 4.90 Å². The van der Waals surface area contributed by atoms with E-state index < -0.39 is 15.9 Å². The number of anilines is 1. The van der Waals surface area contributed by atoms with E-state index in [0.717, 1.165) is 14.9 Å². The number of nitrogens with zero attached hydrogens (tertiary/aromatic N) is 2. The van der Waals surface area contributed by atoms with Crippen molar-refractivity contribution in [2.24, 2.45) is 0 Å². The van der Waals surface area contributed by atoms with Gasteiger partial charge in [0.05, 0.1) is 19.8 Å². The van der Waals surface area contributed by atoms with Crippen molar-refractivity contribution >= 4 is 55.3 Å². The summed E-state index contributed by atoms with van der Waals surface area (Å²) in [5.74, 6) is -0.425. The number of halogens is 1. The first-order valence-corrected chi connectivity index (χ1v) is 10.8. The van der Waals surface area contributed by atoms with E-state index in [4.69, 9.17) is 11.6 Å². The zero-order valence-corrected chi connectivity index (χ0v) is 17.0. The van der Waals surface area contributed by atoms with Gasteiger partial charge >= 0.3 is 0 Å². The van der Waals surface area contributed by atoms with Crippen LogP contribution in [0.3, 0.4) is 0 Å². The van der Waals surface area contributed by atoms with Crippen LogP contribution in [0.2, 0.25) is 4.34 Å². The van der Waals surface area contributed by atoms with Gasteiger partial charge in [0.2, 0.25) is 10.0 Å². The van der Waals surface area contributed by atoms with Crippen molar-refractivity contribution < 1.29 is 13.2 Å². The lowest BCUT2D eigenvalue weighted by Gasteiger charge is -2.12. The van der Waals surface area contributed by atoms with E-state index in [-0.39, 0.29) is 10.5 Å². The number of hydrogen-bond acceptors (Lipinski definition) is 6. The molecule has 2 aromatic heterocycles. The molecule has 0 unspecified atom stereocenters. The molecule has 0 aliphatic rings. The van der Waals surface area contributed by atoms with E-state index in [0.29, 0.717) is 9.47 Å². The second kappa shape index (κ2) is 7.45. The fourth-order valence-electron chi connectivity index (χ4n) is 2.07. The Labute approximate surface area is 164 Å². The molecule has 0 fully saturated rings. The number of nitrogens with one attached hydrogen (secondary N) is 1. The highest BCUT2D eigenvalue weighted by atomic mass is 35.5. The topological polar surface area (TPSA) is 79.4 Å². The highest BCUT2D eigenvalue weighted by Gasteiger charge is 2.19. The van der Waals surface area contributed by atoms with Crippen molar-refractivity contribution in [2.75, 3.05) is 19.4 Å². The summed E-state index contributed by atoms with van der Waals surface area (Å²) < 4.78 is 26.2. The first-order chi connectivity index (χ1) is 12.3. The minimum absolute atomic E-state index is 0.0585. The van der Waals surface area contributed by atoms with Crippen LogP contribution in [0.15, 0.2) is 46.7 Å². The molecule has 1 aromatic carbocycles. The molecule has 3 aromatic rings. The first-order valence-electron chi connectivity index (χ1n) is 7.32. The molecule has 0 radical (unpaired) electrons. The summed E-state index contributed by atoms with van der Waals surface area (Å²) in [7, 11) is -0.725. The molecule has 0 bridgehead atoms. The molecule has 136 valence electrons. The Morgan fingerprint density at radius 3 is 2.65 bits per heavy atom. The van der Waals surface area contributed by atoms with Crippen molar-refractivity contribution in [1.82, 2.24) is 9.29 Å². The molecule has 26 heavy (non-hydrogen) atoms. The SMILES string of the molecule is CN(C)S(=O)(=O)c1cccc(C(=O)Nc2nc(-c3ccc(Cl)s3)cs2)c1. The van der Waals surface area contributed by atoms with Gasteiger partial charge in [0.25, 0.3) is 5.91 Å². The highest BCUT2D eigenvalue weighted by molar-refractivity contribution is 7.89. The maximum Gasteiger partial charge on any atom is 0.257 e. The maximum atomic E-state index is 12.4. The average molecular weight is 428 g/mol. The summed E-state index contributed by atoms with van der Waals surface area (Å²) in [6.45, 7) is 0. The Morgan fingerprint density at radius 2 is 2.00 bits per heavy atom.